The molecule has 5 heteroatoms. The Morgan fingerprint density at radius 3 is 2.79 bits per heavy atom. The van der Waals surface area contributed by atoms with Crippen molar-refractivity contribution in [2.75, 3.05) is 7.11 Å². The van der Waals surface area contributed by atoms with Crippen LogP contribution in [-0.2, 0) is 4.74 Å². The van der Waals surface area contributed by atoms with Crippen LogP contribution in [0, 0.1) is 13.8 Å². The van der Waals surface area contributed by atoms with E-state index in [-0.39, 0.29) is 18.1 Å². The summed E-state index contributed by atoms with van der Waals surface area (Å²) in [5, 5.41) is 14.5. The lowest BCUT2D eigenvalue weighted by Crippen LogP contribution is -2.48. The Kier molecular flexibility index (Phi) is 4.92. The maximum atomic E-state index is 12.7. The minimum Gasteiger partial charge on any atom is -0.388 e. The molecule has 1 amide bonds. The highest BCUT2D eigenvalue weighted by atomic mass is 16.5. The van der Waals surface area contributed by atoms with E-state index < -0.39 is 6.10 Å². The van der Waals surface area contributed by atoms with Crippen LogP contribution >= 0.6 is 0 Å². The van der Waals surface area contributed by atoms with Gasteiger partial charge in [-0.3, -0.25) is 4.79 Å². The molecule has 1 aromatic carbocycles. The second-order valence-electron chi connectivity index (χ2n) is 6.76. The number of aryl methyl sites for hydroxylation is 2. The van der Waals surface area contributed by atoms with Gasteiger partial charge in [-0.25, -0.2) is 0 Å². The van der Waals surface area contributed by atoms with Crippen molar-refractivity contribution in [2.45, 2.75) is 57.8 Å². The summed E-state index contributed by atoms with van der Waals surface area (Å²) in [5.41, 5.74) is 3.93. The van der Waals surface area contributed by atoms with Gasteiger partial charge in [0.15, 0.2) is 0 Å². The SMILES string of the molecule is CO[C@@H]1CCCC[C@@H](NC(=O)c2ccc3[nH]c(C)c(C)c3c2)[C@H]1O. The second-order valence-corrected chi connectivity index (χ2v) is 6.76. The molecule has 1 fully saturated rings. The molecule has 0 aliphatic heterocycles. The summed E-state index contributed by atoms with van der Waals surface area (Å²) < 4.78 is 5.37. The Morgan fingerprint density at radius 1 is 1.29 bits per heavy atom. The molecule has 1 saturated carbocycles. The van der Waals surface area contributed by atoms with Crippen molar-refractivity contribution in [3.63, 3.8) is 0 Å². The third-order valence-corrected chi connectivity index (χ3v) is 5.24. The first kappa shape index (κ1) is 17.0. The summed E-state index contributed by atoms with van der Waals surface area (Å²) in [6.45, 7) is 4.08. The van der Waals surface area contributed by atoms with Gasteiger partial charge in [-0.1, -0.05) is 12.8 Å². The molecule has 0 saturated heterocycles. The number of carbonyl (C=O) groups excluding carboxylic acids is 1. The number of hydrogen-bond acceptors (Lipinski definition) is 3. The van der Waals surface area contributed by atoms with Crippen molar-refractivity contribution in [2.24, 2.45) is 0 Å². The molecule has 24 heavy (non-hydrogen) atoms. The molecule has 0 radical (unpaired) electrons. The number of aliphatic hydroxyl groups excluding tert-OH is 1. The molecular weight excluding hydrogens is 304 g/mol. The Bertz CT molecular complexity index is 738. The van der Waals surface area contributed by atoms with E-state index in [2.05, 4.69) is 10.3 Å². The van der Waals surface area contributed by atoms with Crippen molar-refractivity contribution in [3.8, 4) is 0 Å². The number of carbonyl (C=O) groups is 1. The predicted octanol–water partition coefficient (Wildman–Crippen LogP) is 2.83. The van der Waals surface area contributed by atoms with Crippen LogP contribution < -0.4 is 5.32 Å². The standard InChI is InChI=1S/C19H26N2O3/c1-11-12(2)20-15-9-8-13(10-14(11)15)19(23)21-16-6-4-5-7-17(24-3)18(16)22/h8-10,16-18,20,22H,4-7H2,1-3H3,(H,21,23)/t16-,17-,18-/m1/s1. The van der Waals surface area contributed by atoms with E-state index in [4.69, 9.17) is 4.74 Å². The van der Waals surface area contributed by atoms with Crippen LogP contribution in [0.5, 0.6) is 0 Å². The summed E-state index contributed by atoms with van der Waals surface area (Å²) in [6, 6.07) is 5.41. The molecule has 3 rings (SSSR count). The quantitative estimate of drug-likeness (QED) is 0.758. The zero-order valence-electron chi connectivity index (χ0n) is 14.6. The minimum absolute atomic E-state index is 0.143. The van der Waals surface area contributed by atoms with E-state index >= 15 is 0 Å². The van der Waals surface area contributed by atoms with E-state index in [1.807, 2.05) is 32.0 Å². The number of benzene rings is 1. The number of hydrogen-bond donors (Lipinski definition) is 3. The van der Waals surface area contributed by atoms with Gasteiger partial charge in [-0.05, 0) is 50.5 Å². The zero-order valence-corrected chi connectivity index (χ0v) is 14.6. The van der Waals surface area contributed by atoms with Gasteiger partial charge >= 0.3 is 0 Å². The molecule has 5 nitrogen and oxygen atoms in total. The van der Waals surface area contributed by atoms with E-state index in [9.17, 15) is 9.90 Å². The Balaban J connectivity index is 1.80. The number of aliphatic hydroxyl groups is 1. The van der Waals surface area contributed by atoms with Crippen molar-refractivity contribution in [3.05, 3.63) is 35.0 Å². The van der Waals surface area contributed by atoms with Crippen LogP contribution in [-0.4, -0.2) is 41.4 Å². The number of amides is 1. The largest absolute Gasteiger partial charge is 0.388 e. The van der Waals surface area contributed by atoms with E-state index in [0.29, 0.717) is 5.56 Å². The summed E-state index contributed by atoms with van der Waals surface area (Å²) in [4.78, 5) is 16.0. The highest BCUT2D eigenvalue weighted by Crippen LogP contribution is 2.24. The third-order valence-electron chi connectivity index (χ3n) is 5.24. The van der Waals surface area contributed by atoms with Gasteiger partial charge in [-0.15, -0.1) is 0 Å². The summed E-state index contributed by atoms with van der Waals surface area (Å²) in [6.07, 6.45) is 2.72. The molecule has 0 spiro atoms. The zero-order chi connectivity index (χ0) is 17.3. The number of methoxy groups -OCH3 is 1. The fraction of sp³-hybridized carbons (Fsp3) is 0.526. The third kappa shape index (κ3) is 3.19. The molecule has 2 aromatic rings. The number of fused-ring (bicyclic) bond motifs is 1. The molecule has 130 valence electrons. The van der Waals surface area contributed by atoms with Gasteiger partial charge in [-0.2, -0.15) is 0 Å². The lowest BCUT2D eigenvalue weighted by molar-refractivity contribution is -0.0277. The smallest absolute Gasteiger partial charge is 0.251 e. The van der Waals surface area contributed by atoms with Gasteiger partial charge in [0, 0.05) is 29.3 Å². The molecule has 3 N–H and O–H groups in total. The fourth-order valence-corrected chi connectivity index (χ4v) is 3.58. The first-order valence-electron chi connectivity index (χ1n) is 8.62. The molecule has 1 aliphatic rings. The average molecular weight is 330 g/mol. The molecule has 3 atom stereocenters. The summed E-state index contributed by atoms with van der Waals surface area (Å²) in [7, 11) is 1.61. The second kappa shape index (κ2) is 6.95. The predicted molar refractivity (Wildman–Crippen MR) is 94.3 cm³/mol. The fourth-order valence-electron chi connectivity index (χ4n) is 3.58. The van der Waals surface area contributed by atoms with E-state index in [1.54, 1.807) is 7.11 Å². The molecular formula is C19H26N2O3. The van der Waals surface area contributed by atoms with Crippen LogP contribution in [0.4, 0.5) is 0 Å². The monoisotopic (exact) mass is 330 g/mol. The van der Waals surface area contributed by atoms with Gasteiger partial charge < -0.3 is 20.1 Å². The van der Waals surface area contributed by atoms with Crippen LogP contribution in [0.1, 0.15) is 47.3 Å². The summed E-state index contributed by atoms with van der Waals surface area (Å²) >= 11 is 0. The van der Waals surface area contributed by atoms with Gasteiger partial charge in [0.25, 0.3) is 5.91 Å². The Labute approximate surface area is 142 Å². The minimum atomic E-state index is -0.665. The van der Waals surface area contributed by atoms with Crippen molar-refractivity contribution < 1.29 is 14.6 Å². The van der Waals surface area contributed by atoms with Gasteiger partial charge in [0.2, 0.25) is 0 Å². The van der Waals surface area contributed by atoms with Crippen LogP contribution in [0.25, 0.3) is 10.9 Å². The number of nitrogens with one attached hydrogen (secondary N) is 2. The van der Waals surface area contributed by atoms with Crippen LogP contribution in [0.15, 0.2) is 18.2 Å². The number of ether oxygens (including phenoxy) is 1. The van der Waals surface area contributed by atoms with Gasteiger partial charge in [0.05, 0.1) is 12.1 Å². The van der Waals surface area contributed by atoms with Crippen molar-refractivity contribution in [1.29, 1.82) is 0 Å². The van der Waals surface area contributed by atoms with Crippen LogP contribution in [0.2, 0.25) is 0 Å². The summed E-state index contributed by atoms with van der Waals surface area (Å²) in [5.74, 6) is -0.143. The van der Waals surface area contributed by atoms with E-state index in [0.717, 1.165) is 47.8 Å². The Hall–Kier alpha value is -1.85. The number of aromatic nitrogens is 1. The van der Waals surface area contributed by atoms with E-state index in [1.165, 1.54) is 0 Å². The molecule has 1 heterocycles. The topological polar surface area (TPSA) is 74.3 Å². The molecule has 1 aliphatic carbocycles. The lowest BCUT2D eigenvalue weighted by Gasteiger charge is -2.27. The average Bonchev–Trinajstić information content (AvgIpc) is 2.75. The van der Waals surface area contributed by atoms with Crippen LogP contribution in [0.3, 0.4) is 0 Å². The number of H-pyrrole nitrogens is 1. The molecule has 0 unspecified atom stereocenters. The maximum Gasteiger partial charge on any atom is 0.251 e. The molecule has 0 bridgehead atoms. The van der Waals surface area contributed by atoms with Crippen molar-refractivity contribution >= 4 is 16.8 Å². The van der Waals surface area contributed by atoms with Crippen molar-refractivity contribution in [1.82, 2.24) is 10.3 Å². The normalized spacial score (nSPS) is 24.8. The first-order valence-corrected chi connectivity index (χ1v) is 8.62. The highest BCUT2D eigenvalue weighted by Gasteiger charge is 2.31. The van der Waals surface area contributed by atoms with Gasteiger partial charge in [0.1, 0.15) is 6.10 Å². The maximum absolute atomic E-state index is 12.7. The highest BCUT2D eigenvalue weighted by molar-refractivity contribution is 5.99. The lowest BCUT2D eigenvalue weighted by atomic mass is 10.0. The number of rotatable bonds is 3. The molecule has 1 aromatic heterocycles. The first-order chi connectivity index (χ1) is 11.5. The number of aromatic amines is 1. The Morgan fingerprint density at radius 2 is 2.04 bits per heavy atom.